The summed E-state index contributed by atoms with van der Waals surface area (Å²) in [5.41, 5.74) is 3.55. The summed E-state index contributed by atoms with van der Waals surface area (Å²) in [6, 6.07) is 0. The minimum absolute atomic E-state index is 0.0678. The number of hydrogen-bond donors (Lipinski definition) is 0. The van der Waals surface area contributed by atoms with E-state index in [-0.39, 0.29) is 4.32 Å². The maximum Gasteiger partial charge on any atom is 0.0407 e. The molecule has 0 fully saturated rings. The summed E-state index contributed by atoms with van der Waals surface area (Å²) in [4.78, 5) is 0. The van der Waals surface area contributed by atoms with E-state index < -0.39 is 0 Å². The molecule has 0 N–H and O–H groups in total. The Balaban J connectivity index is 3.69. The first-order chi connectivity index (χ1) is 6.75. The van der Waals surface area contributed by atoms with Crippen molar-refractivity contribution in [3.63, 3.8) is 0 Å². The lowest BCUT2D eigenvalue weighted by Crippen LogP contribution is -2.12. The van der Waals surface area contributed by atoms with E-state index in [2.05, 4.69) is 49.5 Å². The lowest BCUT2D eigenvalue weighted by atomic mass is 9.97. The molecule has 15 heavy (non-hydrogen) atoms. The number of alkyl halides is 1. The van der Waals surface area contributed by atoms with Crippen molar-refractivity contribution in [2.45, 2.75) is 50.8 Å². The Hall–Kier alpha value is -0.300. The van der Waals surface area contributed by atoms with Crippen molar-refractivity contribution in [2.75, 3.05) is 0 Å². The highest BCUT2D eigenvalue weighted by atomic mass is 79.9. The first-order valence-electron chi connectivity index (χ1n) is 5.46. The Kier molecular flexibility index (Phi) is 6.19. The summed E-state index contributed by atoms with van der Waals surface area (Å²) in [7, 11) is 0. The molecular formula is C14H23Br. The maximum absolute atomic E-state index is 4.09. The maximum atomic E-state index is 4.09. The number of hydrogen-bond acceptors (Lipinski definition) is 0. The van der Waals surface area contributed by atoms with E-state index in [9.17, 15) is 0 Å². The normalized spacial score (nSPS) is 11.2. The van der Waals surface area contributed by atoms with Crippen molar-refractivity contribution < 1.29 is 0 Å². The fourth-order valence-corrected chi connectivity index (χ4v) is 1.39. The van der Waals surface area contributed by atoms with Gasteiger partial charge in [-0.15, -0.1) is 0 Å². The van der Waals surface area contributed by atoms with Gasteiger partial charge in [-0.3, -0.25) is 0 Å². The van der Waals surface area contributed by atoms with E-state index in [1.165, 1.54) is 24.0 Å². The van der Waals surface area contributed by atoms with Crippen molar-refractivity contribution in [3.05, 3.63) is 36.5 Å². The van der Waals surface area contributed by atoms with Crippen molar-refractivity contribution >= 4 is 15.9 Å². The van der Waals surface area contributed by atoms with Gasteiger partial charge in [0.1, 0.15) is 0 Å². The van der Waals surface area contributed by atoms with Crippen molar-refractivity contribution in [2.24, 2.45) is 0 Å². The van der Waals surface area contributed by atoms with E-state index in [0.29, 0.717) is 0 Å². The third kappa shape index (κ3) is 6.72. The van der Waals surface area contributed by atoms with Crippen LogP contribution in [-0.2, 0) is 0 Å². The third-order valence-corrected chi connectivity index (χ3v) is 3.21. The van der Waals surface area contributed by atoms with Crippen LogP contribution in [0, 0.1) is 0 Å². The van der Waals surface area contributed by atoms with Crippen molar-refractivity contribution in [1.29, 1.82) is 0 Å². The van der Waals surface area contributed by atoms with E-state index in [1.54, 1.807) is 0 Å². The smallest absolute Gasteiger partial charge is 0.0407 e. The zero-order chi connectivity index (χ0) is 12.1. The van der Waals surface area contributed by atoms with Crippen LogP contribution in [0.3, 0.4) is 0 Å². The van der Waals surface area contributed by atoms with Crippen LogP contribution in [-0.4, -0.2) is 4.32 Å². The van der Waals surface area contributed by atoms with Gasteiger partial charge in [-0.05, 0) is 46.5 Å². The number of unbranched alkanes of at least 4 members (excludes halogenated alkanes) is 1. The monoisotopic (exact) mass is 270 g/mol. The molecule has 0 atom stereocenters. The topological polar surface area (TPSA) is 0 Å². The second-order valence-corrected chi connectivity index (χ2v) is 6.65. The van der Waals surface area contributed by atoms with Crippen LogP contribution in [0.4, 0.5) is 0 Å². The van der Waals surface area contributed by atoms with Crippen LogP contribution in [0.2, 0.25) is 0 Å². The van der Waals surface area contributed by atoms with Gasteiger partial charge in [-0.2, -0.15) is 0 Å². The van der Waals surface area contributed by atoms with E-state index in [4.69, 9.17) is 0 Å². The molecule has 0 saturated carbocycles. The fourth-order valence-electron chi connectivity index (χ4n) is 1.19. The van der Waals surface area contributed by atoms with Crippen LogP contribution in [0.1, 0.15) is 46.5 Å². The molecule has 0 rings (SSSR count). The summed E-state index contributed by atoms with van der Waals surface area (Å²) >= 11 is 3.62. The van der Waals surface area contributed by atoms with Crippen LogP contribution in [0.5, 0.6) is 0 Å². The van der Waals surface area contributed by atoms with Gasteiger partial charge in [-0.1, -0.05) is 52.4 Å². The second kappa shape index (κ2) is 6.32. The molecule has 0 nitrogen and oxygen atoms in total. The Morgan fingerprint density at radius 1 is 1.07 bits per heavy atom. The van der Waals surface area contributed by atoms with Crippen LogP contribution in [0.25, 0.3) is 0 Å². The standard InChI is InChI=1S/C14H23Br/c1-11(2)12(3)9-7-8-10-13(4)14(5,6)15/h1,3-4,7-10H2,2,5-6H3. The van der Waals surface area contributed by atoms with Gasteiger partial charge in [0, 0.05) is 4.32 Å². The molecule has 0 aromatic carbocycles. The average Bonchev–Trinajstić information content (AvgIpc) is 2.09. The molecule has 0 spiro atoms. The molecule has 0 aliphatic heterocycles. The van der Waals surface area contributed by atoms with Crippen molar-refractivity contribution in [1.82, 2.24) is 0 Å². The molecular weight excluding hydrogens is 248 g/mol. The van der Waals surface area contributed by atoms with Gasteiger partial charge >= 0.3 is 0 Å². The van der Waals surface area contributed by atoms with Gasteiger partial charge in [0.2, 0.25) is 0 Å². The zero-order valence-corrected chi connectivity index (χ0v) is 11.9. The summed E-state index contributed by atoms with van der Waals surface area (Å²) in [5, 5.41) is 0. The number of halogens is 1. The summed E-state index contributed by atoms with van der Waals surface area (Å²) in [5.74, 6) is 0. The minimum atomic E-state index is 0.0678. The number of rotatable bonds is 7. The SMILES string of the molecule is C=C(C)C(=C)CCCCC(=C)C(C)(C)Br. The Labute approximate surface area is 103 Å². The van der Waals surface area contributed by atoms with Gasteiger partial charge < -0.3 is 0 Å². The quantitative estimate of drug-likeness (QED) is 0.251. The lowest BCUT2D eigenvalue weighted by molar-refractivity contribution is 0.687. The third-order valence-electron chi connectivity index (χ3n) is 2.65. The molecule has 0 bridgehead atoms. The summed E-state index contributed by atoms with van der Waals surface area (Å²) in [6.07, 6.45) is 4.50. The molecule has 0 radical (unpaired) electrons. The predicted molar refractivity (Wildman–Crippen MR) is 74.6 cm³/mol. The molecule has 1 heteroatoms. The van der Waals surface area contributed by atoms with E-state index in [0.717, 1.165) is 18.4 Å². The minimum Gasteiger partial charge on any atom is -0.0985 e. The highest BCUT2D eigenvalue weighted by Crippen LogP contribution is 2.28. The first-order valence-corrected chi connectivity index (χ1v) is 6.25. The molecule has 86 valence electrons. The Bertz CT molecular complexity index is 253. The lowest BCUT2D eigenvalue weighted by Gasteiger charge is -2.19. The number of allylic oxidation sites excluding steroid dienone is 3. The summed E-state index contributed by atoms with van der Waals surface area (Å²) in [6.45, 7) is 18.3. The highest BCUT2D eigenvalue weighted by molar-refractivity contribution is 9.10. The van der Waals surface area contributed by atoms with Gasteiger partial charge in [-0.25, -0.2) is 0 Å². The second-order valence-electron chi connectivity index (χ2n) is 4.67. The predicted octanol–water partition coefficient (Wildman–Crippen LogP) is 5.41. The molecule has 0 aliphatic carbocycles. The zero-order valence-electron chi connectivity index (χ0n) is 10.3. The summed E-state index contributed by atoms with van der Waals surface area (Å²) < 4.78 is 0.0678. The molecule has 0 heterocycles. The molecule has 0 saturated heterocycles. The molecule has 0 aromatic heterocycles. The first kappa shape index (κ1) is 14.7. The van der Waals surface area contributed by atoms with Crippen LogP contribution in [0.15, 0.2) is 36.5 Å². The van der Waals surface area contributed by atoms with E-state index in [1.807, 2.05) is 6.92 Å². The average molecular weight is 271 g/mol. The molecule has 0 amide bonds. The van der Waals surface area contributed by atoms with Crippen molar-refractivity contribution in [3.8, 4) is 0 Å². The van der Waals surface area contributed by atoms with Crippen LogP contribution >= 0.6 is 15.9 Å². The molecule has 0 unspecified atom stereocenters. The highest BCUT2D eigenvalue weighted by Gasteiger charge is 2.16. The molecule has 0 aliphatic rings. The Morgan fingerprint density at radius 2 is 1.53 bits per heavy atom. The van der Waals surface area contributed by atoms with E-state index >= 15 is 0 Å². The van der Waals surface area contributed by atoms with Crippen LogP contribution < -0.4 is 0 Å². The fraction of sp³-hybridized carbons (Fsp3) is 0.571. The largest absolute Gasteiger partial charge is 0.0985 e. The van der Waals surface area contributed by atoms with Gasteiger partial charge in [0.15, 0.2) is 0 Å². The van der Waals surface area contributed by atoms with Gasteiger partial charge in [0.05, 0.1) is 0 Å². The van der Waals surface area contributed by atoms with Gasteiger partial charge in [0.25, 0.3) is 0 Å². The Morgan fingerprint density at radius 3 is 1.93 bits per heavy atom. The molecule has 0 aromatic rings.